The molecule has 1 aromatic heterocycles. The Labute approximate surface area is 118 Å². The maximum absolute atomic E-state index is 6.22. The predicted molar refractivity (Wildman–Crippen MR) is 80.9 cm³/mol. The fourth-order valence-electron chi connectivity index (χ4n) is 2.35. The first-order valence-electron chi connectivity index (χ1n) is 6.03. The van der Waals surface area contributed by atoms with Crippen molar-refractivity contribution < 1.29 is 0 Å². The Morgan fingerprint density at radius 1 is 1.17 bits per heavy atom. The highest BCUT2D eigenvalue weighted by molar-refractivity contribution is 7.12. The summed E-state index contributed by atoms with van der Waals surface area (Å²) in [6.07, 6.45) is 0. The summed E-state index contributed by atoms with van der Waals surface area (Å²) in [5, 5.41) is 4.24. The van der Waals surface area contributed by atoms with Crippen molar-refractivity contribution in [3.8, 4) is 0 Å². The monoisotopic (exact) mass is 279 g/mol. The molecular weight excluding hydrogens is 262 g/mol. The van der Waals surface area contributed by atoms with Gasteiger partial charge in [-0.25, -0.2) is 0 Å². The van der Waals surface area contributed by atoms with E-state index in [2.05, 4.69) is 38.2 Å². The van der Waals surface area contributed by atoms with Crippen molar-refractivity contribution in [1.29, 1.82) is 0 Å². The SMILES string of the molecule is CNC(c1cc(C)sc1C)c1cccc(Cl)c1C. The van der Waals surface area contributed by atoms with Crippen molar-refractivity contribution in [2.75, 3.05) is 7.05 Å². The standard InChI is InChI=1S/C15H18ClNS/c1-9-8-13(11(3)18-9)15(17-4)12-6-5-7-14(16)10(12)2/h5-8,15,17H,1-4H3. The second-order valence-electron chi connectivity index (χ2n) is 4.54. The molecule has 0 bridgehead atoms. The first-order valence-corrected chi connectivity index (χ1v) is 7.23. The third kappa shape index (κ3) is 2.46. The maximum atomic E-state index is 6.22. The van der Waals surface area contributed by atoms with E-state index in [1.165, 1.54) is 20.9 Å². The second-order valence-corrected chi connectivity index (χ2v) is 6.41. The van der Waals surface area contributed by atoms with Gasteiger partial charge in [0.15, 0.2) is 0 Å². The van der Waals surface area contributed by atoms with Crippen LogP contribution in [0.4, 0.5) is 0 Å². The normalized spacial score (nSPS) is 12.7. The topological polar surface area (TPSA) is 12.0 Å². The summed E-state index contributed by atoms with van der Waals surface area (Å²) in [6, 6.07) is 8.59. The van der Waals surface area contributed by atoms with Crippen molar-refractivity contribution in [3.05, 3.63) is 55.7 Å². The van der Waals surface area contributed by atoms with Crippen molar-refractivity contribution >= 4 is 22.9 Å². The lowest BCUT2D eigenvalue weighted by Crippen LogP contribution is -2.19. The van der Waals surface area contributed by atoms with Gasteiger partial charge >= 0.3 is 0 Å². The van der Waals surface area contributed by atoms with Crippen LogP contribution in [0.3, 0.4) is 0 Å². The molecule has 0 saturated carbocycles. The van der Waals surface area contributed by atoms with Crippen LogP contribution in [0.15, 0.2) is 24.3 Å². The fourth-order valence-corrected chi connectivity index (χ4v) is 3.50. The van der Waals surface area contributed by atoms with Gasteiger partial charge in [0.25, 0.3) is 0 Å². The lowest BCUT2D eigenvalue weighted by atomic mass is 9.95. The highest BCUT2D eigenvalue weighted by atomic mass is 35.5. The molecule has 1 aromatic carbocycles. The molecule has 1 atom stereocenters. The minimum atomic E-state index is 0.216. The van der Waals surface area contributed by atoms with Crippen LogP contribution in [-0.4, -0.2) is 7.05 Å². The number of nitrogens with one attached hydrogen (secondary N) is 1. The molecule has 0 radical (unpaired) electrons. The second kappa shape index (κ2) is 5.43. The third-order valence-electron chi connectivity index (χ3n) is 3.30. The zero-order valence-corrected chi connectivity index (χ0v) is 12.7. The number of hydrogen-bond donors (Lipinski definition) is 1. The molecule has 1 heterocycles. The molecule has 0 aliphatic rings. The molecule has 96 valence electrons. The molecule has 1 nitrogen and oxygen atoms in total. The molecule has 0 saturated heterocycles. The molecule has 2 aromatic rings. The van der Waals surface area contributed by atoms with E-state index < -0.39 is 0 Å². The molecule has 18 heavy (non-hydrogen) atoms. The van der Waals surface area contributed by atoms with Gasteiger partial charge in [-0.15, -0.1) is 11.3 Å². The average Bonchev–Trinajstić information content (AvgIpc) is 2.65. The van der Waals surface area contributed by atoms with Crippen molar-refractivity contribution in [2.45, 2.75) is 26.8 Å². The van der Waals surface area contributed by atoms with Gasteiger partial charge in [-0.05, 0) is 56.6 Å². The van der Waals surface area contributed by atoms with E-state index in [1.807, 2.05) is 30.5 Å². The Bertz CT molecular complexity index is 560. The Kier molecular flexibility index (Phi) is 4.10. The maximum Gasteiger partial charge on any atom is 0.0588 e. The van der Waals surface area contributed by atoms with Crippen molar-refractivity contribution in [2.24, 2.45) is 0 Å². The Hall–Kier alpha value is -0.830. The van der Waals surface area contributed by atoms with Crippen LogP contribution >= 0.6 is 22.9 Å². The van der Waals surface area contributed by atoms with E-state index in [4.69, 9.17) is 11.6 Å². The third-order valence-corrected chi connectivity index (χ3v) is 4.69. The molecule has 0 amide bonds. The summed E-state index contributed by atoms with van der Waals surface area (Å²) >= 11 is 8.07. The van der Waals surface area contributed by atoms with E-state index in [9.17, 15) is 0 Å². The number of thiophene rings is 1. The van der Waals surface area contributed by atoms with Crippen LogP contribution < -0.4 is 5.32 Å². The molecule has 1 N–H and O–H groups in total. The largest absolute Gasteiger partial charge is 0.309 e. The van der Waals surface area contributed by atoms with Crippen LogP contribution in [0.2, 0.25) is 5.02 Å². The van der Waals surface area contributed by atoms with E-state index >= 15 is 0 Å². The molecular formula is C15H18ClNS. The molecule has 0 aliphatic heterocycles. The number of benzene rings is 1. The highest BCUT2D eigenvalue weighted by Crippen LogP contribution is 2.33. The fraction of sp³-hybridized carbons (Fsp3) is 0.333. The first kappa shape index (κ1) is 13.6. The van der Waals surface area contributed by atoms with E-state index in [0.29, 0.717) is 0 Å². The van der Waals surface area contributed by atoms with Gasteiger partial charge in [0, 0.05) is 14.8 Å². The summed E-state index contributed by atoms with van der Waals surface area (Å²) in [4.78, 5) is 2.72. The predicted octanol–water partition coefficient (Wildman–Crippen LogP) is 4.64. The van der Waals surface area contributed by atoms with E-state index in [0.717, 1.165) is 10.6 Å². The lowest BCUT2D eigenvalue weighted by molar-refractivity contribution is 0.686. The smallest absolute Gasteiger partial charge is 0.0588 e. The van der Waals surface area contributed by atoms with Gasteiger partial charge in [0.05, 0.1) is 6.04 Å². The molecule has 2 rings (SSSR count). The number of hydrogen-bond acceptors (Lipinski definition) is 2. The van der Waals surface area contributed by atoms with Gasteiger partial charge in [-0.1, -0.05) is 23.7 Å². The first-order chi connectivity index (χ1) is 8.54. The summed E-state index contributed by atoms with van der Waals surface area (Å²) in [5.74, 6) is 0. The van der Waals surface area contributed by atoms with Crippen LogP contribution in [0.5, 0.6) is 0 Å². The highest BCUT2D eigenvalue weighted by Gasteiger charge is 2.18. The van der Waals surface area contributed by atoms with Crippen LogP contribution in [-0.2, 0) is 0 Å². The molecule has 3 heteroatoms. The van der Waals surface area contributed by atoms with Crippen molar-refractivity contribution in [1.82, 2.24) is 5.32 Å². The summed E-state index contributed by atoms with van der Waals surface area (Å²) < 4.78 is 0. The average molecular weight is 280 g/mol. The van der Waals surface area contributed by atoms with Gasteiger partial charge in [0.2, 0.25) is 0 Å². The van der Waals surface area contributed by atoms with E-state index in [1.54, 1.807) is 0 Å². The minimum Gasteiger partial charge on any atom is -0.309 e. The van der Waals surface area contributed by atoms with Gasteiger partial charge in [-0.2, -0.15) is 0 Å². The summed E-state index contributed by atoms with van der Waals surface area (Å²) in [7, 11) is 2.00. The van der Waals surface area contributed by atoms with Crippen LogP contribution in [0.1, 0.15) is 32.5 Å². The zero-order valence-electron chi connectivity index (χ0n) is 11.2. The Morgan fingerprint density at radius 3 is 2.44 bits per heavy atom. The van der Waals surface area contributed by atoms with Gasteiger partial charge in [-0.3, -0.25) is 0 Å². The molecule has 0 spiro atoms. The van der Waals surface area contributed by atoms with Gasteiger partial charge in [0.1, 0.15) is 0 Å². The lowest BCUT2D eigenvalue weighted by Gasteiger charge is -2.19. The molecule has 0 aliphatic carbocycles. The van der Waals surface area contributed by atoms with Crippen molar-refractivity contribution in [3.63, 3.8) is 0 Å². The Morgan fingerprint density at radius 2 is 1.89 bits per heavy atom. The minimum absolute atomic E-state index is 0.216. The molecule has 0 fully saturated rings. The van der Waals surface area contributed by atoms with Crippen LogP contribution in [0, 0.1) is 20.8 Å². The summed E-state index contributed by atoms with van der Waals surface area (Å²) in [5.41, 5.74) is 3.76. The quantitative estimate of drug-likeness (QED) is 0.863. The number of halogens is 1. The molecule has 1 unspecified atom stereocenters. The zero-order chi connectivity index (χ0) is 13.3. The number of rotatable bonds is 3. The Balaban J connectivity index is 2.52. The van der Waals surface area contributed by atoms with E-state index in [-0.39, 0.29) is 6.04 Å². The van der Waals surface area contributed by atoms with Gasteiger partial charge < -0.3 is 5.32 Å². The van der Waals surface area contributed by atoms with Crippen LogP contribution in [0.25, 0.3) is 0 Å². The number of aryl methyl sites for hydroxylation is 2. The summed E-state index contributed by atoms with van der Waals surface area (Å²) in [6.45, 7) is 6.41.